The van der Waals surface area contributed by atoms with Crippen molar-refractivity contribution in [1.82, 2.24) is 0 Å². The van der Waals surface area contributed by atoms with E-state index in [1.54, 1.807) is 25.3 Å². The number of hydrogen-bond donors (Lipinski definition) is 2. The van der Waals surface area contributed by atoms with Crippen LogP contribution in [0, 0.1) is 13.8 Å². The van der Waals surface area contributed by atoms with Crippen molar-refractivity contribution in [2.24, 2.45) is 0 Å². The van der Waals surface area contributed by atoms with Gasteiger partial charge in [-0.05, 0) is 73.0 Å². The summed E-state index contributed by atoms with van der Waals surface area (Å²) in [5.74, 6) is 1.65. The number of carbonyl (C=O) groups excluding carboxylic acids is 1. The fourth-order valence-corrected chi connectivity index (χ4v) is 4.86. The summed E-state index contributed by atoms with van der Waals surface area (Å²) in [5, 5.41) is 2.80. The fraction of sp³-hybridized carbons (Fsp3) is 0.208. The van der Waals surface area contributed by atoms with Crippen molar-refractivity contribution in [2.75, 3.05) is 22.9 Å². The molecule has 0 unspecified atom stereocenters. The molecule has 1 amide bonds. The number of sulfonamides is 1. The zero-order chi connectivity index (χ0) is 23.1. The number of methoxy groups -OCH3 is 1. The Morgan fingerprint density at radius 1 is 0.969 bits per heavy atom. The molecule has 6 nitrogen and oxygen atoms in total. The molecule has 8 heteroatoms. The van der Waals surface area contributed by atoms with Crippen LogP contribution in [0.3, 0.4) is 0 Å². The van der Waals surface area contributed by atoms with Crippen molar-refractivity contribution in [3.05, 3.63) is 83.4 Å². The van der Waals surface area contributed by atoms with Gasteiger partial charge in [-0.15, -0.1) is 11.8 Å². The van der Waals surface area contributed by atoms with E-state index in [2.05, 4.69) is 10.0 Å². The van der Waals surface area contributed by atoms with Gasteiger partial charge in [0.1, 0.15) is 5.75 Å². The standard InChI is InChI=1S/C24H26N2O4S2/c1-17-4-5-18(2)23(14-17)26-32(28,29)22-12-8-20(9-13-22)25-24(27)16-31-15-19-6-10-21(30-3)11-7-19/h4-14,26H,15-16H2,1-3H3,(H,25,27). The van der Waals surface area contributed by atoms with Gasteiger partial charge in [0, 0.05) is 11.4 Å². The Morgan fingerprint density at radius 2 is 1.66 bits per heavy atom. The number of hydrogen-bond acceptors (Lipinski definition) is 5. The third-order valence-corrected chi connectivity index (χ3v) is 7.13. The molecule has 168 valence electrons. The van der Waals surface area contributed by atoms with Gasteiger partial charge in [0.25, 0.3) is 10.0 Å². The molecule has 0 bridgehead atoms. The van der Waals surface area contributed by atoms with E-state index in [0.29, 0.717) is 22.9 Å². The van der Waals surface area contributed by atoms with Crippen LogP contribution in [-0.4, -0.2) is 27.2 Å². The molecule has 0 aliphatic carbocycles. The van der Waals surface area contributed by atoms with Gasteiger partial charge in [-0.1, -0.05) is 24.3 Å². The topological polar surface area (TPSA) is 84.5 Å². The lowest BCUT2D eigenvalue weighted by molar-refractivity contribution is -0.113. The van der Waals surface area contributed by atoms with Crippen LogP contribution in [0.2, 0.25) is 0 Å². The maximum Gasteiger partial charge on any atom is 0.261 e. The van der Waals surface area contributed by atoms with Crippen LogP contribution in [0.15, 0.2) is 71.6 Å². The van der Waals surface area contributed by atoms with Crippen LogP contribution >= 0.6 is 11.8 Å². The van der Waals surface area contributed by atoms with Crippen LogP contribution < -0.4 is 14.8 Å². The van der Waals surface area contributed by atoms with Gasteiger partial charge in [-0.2, -0.15) is 0 Å². The second-order valence-electron chi connectivity index (χ2n) is 7.34. The van der Waals surface area contributed by atoms with E-state index < -0.39 is 10.0 Å². The average molecular weight is 471 g/mol. The lowest BCUT2D eigenvalue weighted by Crippen LogP contribution is -2.15. The van der Waals surface area contributed by atoms with E-state index in [9.17, 15) is 13.2 Å². The Hall–Kier alpha value is -2.97. The molecule has 2 N–H and O–H groups in total. The molecule has 0 saturated carbocycles. The Balaban J connectivity index is 1.54. The summed E-state index contributed by atoms with van der Waals surface area (Å²) in [6.07, 6.45) is 0. The van der Waals surface area contributed by atoms with E-state index in [0.717, 1.165) is 22.4 Å². The molecule has 32 heavy (non-hydrogen) atoms. The minimum atomic E-state index is -3.72. The summed E-state index contributed by atoms with van der Waals surface area (Å²) in [7, 11) is -2.10. The monoisotopic (exact) mass is 470 g/mol. The number of anilines is 2. The van der Waals surface area contributed by atoms with Gasteiger partial charge in [0.2, 0.25) is 5.91 Å². The van der Waals surface area contributed by atoms with E-state index >= 15 is 0 Å². The molecule has 0 aliphatic rings. The second kappa shape index (κ2) is 10.6. The smallest absolute Gasteiger partial charge is 0.261 e. The number of nitrogens with one attached hydrogen (secondary N) is 2. The van der Waals surface area contributed by atoms with Crippen LogP contribution in [0.5, 0.6) is 5.75 Å². The first-order chi connectivity index (χ1) is 15.3. The molecule has 3 rings (SSSR count). The number of thioether (sulfide) groups is 1. The van der Waals surface area contributed by atoms with Gasteiger partial charge in [-0.25, -0.2) is 8.42 Å². The third kappa shape index (κ3) is 6.51. The first kappa shape index (κ1) is 23.7. The molecule has 3 aromatic rings. The molecular weight excluding hydrogens is 444 g/mol. The van der Waals surface area contributed by atoms with E-state index in [1.165, 1.54) is 23.9 Å². The summed E-state index contributed by atoms with van der Waals surface area (Å²) in [6.45, 7) is 3.76. The predicted molar refractivity (Wildman–Crippen MR) is 131 cm³/mol. The number of ether oxygens (including phenoxy) is 1. The second-order valence-corrected chi connectivity index (χ2v) is 10.0. The largest absolute Gasteiger partial charge is 0.497 e. The fourth-order valence-electron chi connectivity index (χ4n) is 2.95. The van der Waals surface area contributed by atoms with E-state index in [-0.39, 0.29) is 10.8 Å². The lowest BCUT2D eigenvalue weighted by atomic mass is 10.1. The minimum absolute atomic E-state index is 0.130. The molecule has 0 saturated heterocycles. The average Bonchev–Trinajstić information content (AvgIpc) is 2.77. The summed E-state index contributed by atoms with van der Waals surface area (Å²) >= 11 is 1.50. The maximum atomic E-state index is 12.7. The number of carbonyl (C=O) groups is 1. The molecule has 0 atom stereocenters. The molecule has 0 radical (unpaired) electrons. The SMILES string of the molecule is COc1ccc(CSCC(=O)Nc2ccc(S(=O)(=O)Nc3cc(C)ccc3C)cc2)cc1. The van der Waals surface area contributed by atoms with Crippen LogP contribution in [-0.2, 0) is 20.6 Å². The van der Waals surface area contributed by atoms with E-state index in [4.69, 9.17) is 4.74 Å². The summed E-state index contributed by atoms with van der Waals surface area (Å²) in [4.78, 5) is 12.3. The number of amides is 1. The van der Waals surface area contributed by atoms with Crippen LogP contribution in [0.1, 0.15) is 16.7 Å². The highest BCUT2D eigenvalue weighted by molar-refractivity contribution is 7.99. The molecule has 0 spiro atoms. The van der Waals surface area contributed by atoms with Gasteiger partial charge >= 0.3 is 0 Å². The minimum Gasteiger partial charge on any atom is -0.497 e. The Bertz CT molecular complexity index is 1180. The lowest BCUT2D eigenvalue weighted by Gasteiger charge is -2.12. The zero-order valence-electron chi connectivity index (χ0n) is 18.2. The van der Waals surface area contributed by atoms with Crippen molar-refractivity contribution >= 4 is 39.1 Å². The zero-order valence-corrected chi connectivity index (χ0v) is 19.8. The van der Waals surface area contributed by atoms with Crippen LogP contribution in [0.4, 0.5) is 11.4 Å². The predicted octanol–water partition coefficient (Wildman–Crippen LogP) is 4.98. The molecule has 0 aliphatic heterocycles. The first-order valence-electron chi connectivity index (χ1n) is 9.97. The molecule has 3 aromatic carbocycles. The Labute approximate surface area is 193 Å². The maximum absolute atomic E-state index is 12.7. The Morgan fingerprint density at radius 3 is 2.31 bits per heavy atom. The summed E-state index contributed by atoms with van der Waals surface area (Å²) in [6, 6.07) is 19.4. The van der Waals surface area contributed by atoms with Gasteiger partial charge in [-0.3, -0.25) is 9.52 Å². The van der Waals surface area contributed by atoms with Gasteiger partial charge in [0.05, 0.1) is 23.4 Å². The Kier molecular flexibility index (Phi) is 7.82. The summed E-state index contributed by atoms with van der Waals surface area (Å²) < 4.78 is 33.2. The summed E-state index contributed by atoms with van der Waals surface area (Å²) in [5.41, 5.74) is 4.02. The van der Waals surface area contributed by atoms with Crippen molar-refractivity contribution < 1.29 is 17.9 Å². The van der Waals surface area contributed by atoms with Crippen molar-refractivity contribution in [2.45, 2.75) is 24.5 Å². The number of benzene rings is 3. The quantitative estimate of drug-likeness (QED) is 0.461. The first-order valence-corrected chi connectivity index (χ1v) is 12.6. The van der Waals surface area contributed by atoms with Gasteiger partial charge < -0.3 is 10.1 Å². The molecule has 0 aromatic heterocycles. The highest BCUT2D eigenvalue weighted by Gasteiger charge is 2.15. The highest BCUT2D eigenvalue weighted by Crippen LogP contribution is 2.22. The highest BCUT2D eigenvalue weighted by atomic mass is 32.2. The van der Waals surface area contributed by atoms with Crippen molar-refractivity contribution in [1.29, 1.82) is 0 Å². The van der Waals surface area contributed by atoms with Crippen molar-refractivity contribution in [3.8, 4) is 5.75 Å². The molecular formula is C24H26N2O4S2. The van der Waals surface area contributed by atoms with E-state index in [1.807, 2.05) is 50.2 Å². The van der Waals surface area contributed by atoms with Crippen molar-refractivity contribution in [3.63, 3.8) is 0 Å². The normalized spacial score (nSPS) is 11.1. The number of aryl methyl sites for hydroxylation is 2. The molecule has 0 heterocycles. The number of rotatable bonds is 9. The molecule has 0 fully saturated rings. The van der Waals surface area contributed by atoms with Crippen LogP contribution in [0.25, 0.3) is 0 Å². The third-order valence-electron chi connectivity index (χ3n) is 4.75. The van der Waals surface area contributed by atoms with Gasteiger partial charge in [0.15, 0.2) is 0 Å².